The SMILES string of the molecule is COC(=C/C=C(\C)O)S(C)(=O)=NC(=O)OC(C)(C)C. The van der Waals surface area contributed by atoms with Crippen LogP contribution in [0, 0.1) is 0 Å². The van der Waals surface area contributed by atoms with Gasteiger partial charge in [0.2, 0.25) is 0 Å². The van der Waals surface area contributed by atoms with Crippen molar-refractivity contribution >= 4 is 15.8 Å². The molecule has 0 radical (unpaired) electrons. The molecule has 0 heterocycles. The zero-order valence-corrected chi connectivity index (χ0v) is 12.9. The summed E-state index contributed by atoms with van der Waals surface area (Å²) >= 11 is 0. The molecule has 0 aromatic carbocycles. The van der Waals surface area contributed by atoms with Crippen molar-refractivity contribution in [1.82, 2.24) is 0 Å². The standard InChI is InChI=1S/C12H21NO5S/c1-9(14)7-8-10(17-5)19(6,16)13-11(15)18-12(2,3)4/h7-8,14H,1-6H3/b9-7+,10-8?. The molecule has 1 N–H and O–H groups in total. The fourth-order valence-corrected chi connectivity index (χ4v) is 2.05. The lowest BCUT2D eigenvalue weighted by atomic mass is 10.2. The van der Waals surface area contributed by atoms with Gasteiger partial charge < -0.3 is 14.6 Å². The lowest BCUT2D eigenvalue weighted by molar-refractivity contribution is 0.0607. The van der Waals surface area contributed by atoms with E-state index in [9.17, 15) is 9.00 Å². The van der Waals surface area contributed by atoms with Crippen LogP contribution in [0.5, 0.6) is 0 Å². The van der Waals surface area contributed by atoms with Gasteiger partial charge in [-0.3, -0.25) is 0 Å². The van der Waals surface area contributed by atoms with E-state index in [1.807, 2.05) is 0 Å². The Balaban J connectivity index is 5.34. The Kier molecular flexibility index (Phi) is 6.08. The van der Waals surface area contributed by atoms with Gasteiger partial charge in [0.25, 0.3) is 0 Å². The maximum atomic E-state index is 12.3. The topological polar surface area (TPSA) is 85.2 Å². The van der Waals surface area contributed by atoms with Crippen LogP contribution in [0.4, 0.5) is 4.79 Å². The van der Waals surface area contributed by atoms with E-state index in [4.69, 9.17) is 14.6 Å². The molecule has 0 aliphatic carbocycles. The van der Waals surface area contributed by atoms with Gasteiger partial charge >= 0.3 is 6.09 Å². The number of ether oxygens (including phenoxy) is 2. The molecule has 0 aromatic heterocycles. The number of allylic oxidation sites excluding steroid dienone is 3. The number of carbonyl (C=O) groups is 1. The van der Waals surface area contributed by atoms with Crippen LogP contribution in [0.3, 0.4) is 0 Å². The molecule has 6 nitrogen and oxygen atoms in total. The first-order valence-electron chi connectivity index (χ1n) is 5.54. The number of methoxy groups -OCH3 is 1. The fourth-order valence-electron chi connectivity index (χ4n) is 1.01. The number of nitrogens with zero attached hydrogens (tertiary/aromatic N) is 1. The lowest BCUT2D eigenvalue weighted by Crippen LogP contribution is -2.22. The molecule has 0 saturated carbocycles. The third-order valence-electron chi connectivity index (χ3n) is 1.68. The Morgan fingerprint density at radius 2 is 1.84 bits per heavy atom. The van der Waals surface area contributed by atoms with Crippen LogP contribution in [0.2, 0.25) is 0 Å². The molecule has 0 aromatic rings. The van der Waals surface area contributed by atoms with Crippen molar-refractivity contribution in [1.29, 1.82) is 0 Å². The number of hydrogen-bond acceptors (Lipinski definition) is 5. The van der Waals surface area contributed by atoms with E-state index in [2.05, 4.69) is 4.36 Å². The first kappa shape index (κ1) is 17.5. The molecule has 110 valence electrons. The molecule has 7 heteroatoms. The first-order chi connectivity index (χ1) is 8.48. The van der Waals surface area contributed by atoms with Crippen LogP contribution >= 0.6 is 0 Å². The fraction of sp³-hybridized carbons (Fsp3) is 0.583. The molecule has 0 saturated heterocycles. The zero-order chi connectivity index (χ0) is 15.3. The van der Waals surface area contributed by atoms with Gasteiger partial charge in [0.05, 0.1) is 12.9 Å². The molecule has 1 amide bonds. The van der Waals surface area contributed by atoms with Gasteiger partial charge in [-0.1, -0.05) is 0 Å². The minimum Gasteiger partial charge on any atom is -0.513 e. The molecule has 0 aliphatic rings. The second-order valence-electron chi connectivity index (χ2n) is 4.87. The van der Waals surface area contributed by atoms with Crippen LogP contribution in [0.1, 0.15) is 27.7 Å². The summed E-state index contributed by atoms with van der Waals surface area (Å²) in [5, 5.41) is 9.02. The summed E-state index contributed by atoms with van der Waals surface area (Å²) in [7, 11) is -1.75. The monoisotopic (exact) mass is 291 g/mol. The second-order valence-corrected chi connectivity index (χ2v) is 7.06. The first-order valence-corrected chi connectivity index (χ1v) is 7.47. The maximum absolute atomic E-state index is 12.3. The minimum atomic E-state index is -3.06. The Morgan fingerprint density at radius 1 is 1.32 bits per heavy atom. The average molecular weight is 291 g/mol. The van der Waals surface area contributed by atoms with E-state index in [1.165, 1.54) is 32.4 Å². The van der Waals surface area contributed by atoms with E-state index in [0.717, 1.165) is 0 Å². The highest BCUT2D eigenvalue weighted by Crippen LogP contribution is 2.13. The summed E-state index contributed by atoms with van der Waals surface area (Å²) in [6.45, 7) is 6.50. The van der Waals surface area contributed by atoms with Crippen molar-refractivity contribution in [2.45, 2.75) is 33.3 Å². The van der Waals surface area contributed by atoms with Crippen molar-refractivity contribution in [2.24, 2.45) is 4.36 Å². The quantitative estimate of drug-likeness (QED) is 0.638. The van der Waals surface area contributed by atoms with Crippen LogP contribution < -0.4 is 0 Å². The van der Waals surface area contributed by atoms with Gasteiger partial charge in [-0.25, -0.2) is 9.00 Å². The smallest absolute Gasteiger partial charge is 0.442 e. The van der Waals surface area contributed by atoms with Gasteiger partial charge in [0.1, 0.15) is 15.3 Å². The summed E-state index contributed by atoms with van der Waals surface area (Å²) in [4.78, 5) is 11.5. The summed E-state index contributed by atoms with van der Waals surface area (Å²) in [6.07, 6.45) is 2.93. The number of aliphatic hydroxyl groups is 1. The molecule has 0 spiro atoms. The highest BCUT2D eigenvalue weighted by atomic mass is 32.2. The number of carbonyl (C=O) groups excluding carboxylic acids is 1. The van der Waals surface area contributed by atoms with Gasteiger partial charge in [-0.05, 0) is 39.8 Å². The summed E-state index contributed by atoms with van der Waals surface area (Å²) < 4.78 is 25.6. The summed E-state index contributed by atoms with van der Waals surface area (Å²) in [5.74, 6) is 0.0158. The van der Waals surface area contributed by atoms with Crippen LogP contribution in [-0.4, -0.2) is 34.4 Å². The number of rotatable bonds is 3. The van der Waals surface area contributed by atoms with Crippen molar-refractivity contribution in [3.8, 4) is 0 Å². The van der Waals surface area contributed by atoms with Crippen molar-refractivity contribution in [2.75, 3.05) is 13.4 Å². The molecule has 0 aliphatic heterocycles. The normalized spacial score (nSPS) is 16.5. The molecule has 0 bridgehead atoms. The number of amides is 1. The highest BCUT2D eigenvalue weighted by Gasteiger charge is 2.19. The molecule has 1 unspecified atom stereocenters. The maximum Gasteiger partial charge on any atom is 0.442 e. The lowest BCUT2D eigenvalue weighted by Gasteiger charge is -2.17. The Hall–Kier alpha value is -1.50. The zero-order valence-electron chi connectivity index (χ0n) is 12.1. The molecule has 0 fully saturated rings. The summed E-state index contributed by atoms with van der Waals surface area (Å²) in [6, 6.07) is 0. The van der Waals surface area contributed by atoms with Gasteiger partial charge in [0, 0.05) is 6.26 Å². The third-order valence-corrected chi connectivity index (χ3v) is 3.22. The van der Waals surface area contributed by atoms with Crippen LogP contribution in [-0.2, 0) is 19.2 Å². The van der Waals surface area contributed by atoms with Crippen LogP contribution in [0.25, 0.3) is 0 Å². The predicted octanol–water partition coefficient (Wildman–Crippen LogP) is 2.97. The molecular weight excluding hydrogens is 270 g/mol. The van der Waals surface area contributed by atoms with E-state index in [0.29, 0.717) is 0 Å². The van der Waals surface area contributed by atoms with Gasteiger partial charge in [-0.2, -0.15) is 0 Å². The number of hydrogen-bond donors (Lipinski definition) is 1. The van der Waals surface area contributed by atoms with Crippen molar-refractivity contribution in [3.63, 3.8) is 0 Å². The number of aliphatic hydroxyl groups excluding tert-OH is 1. The van der Waals surface area contributed by atoms with Gasteiger partial charge in [-0.15, -0.1) is 4.36 Å². The average Bonchev–Trinajstić information content (AvgIpc) is 2.12. The van der Waals surface area contributed by atoms with Gasteiger partial charge in [0.15, 0.2) is 5.09 Å². The largest absolute Gasteiger partial charge is 0.513 e. The molecular formula is C12H21NO5S. The van der Waals surface area contributed by atoms with E-state index < -0.39 is 21.4 Å². The third kappa shape index (κ3) is 7.50. The Bertz CT molecular complexity index is 501. The molecule has 1 atom stereocenters. The van der Waals surface area contributed by atoms with E-state index in [-0.39, 0.29) is 10.9 Å². The van der Waals surface area contributed by atoms with E-state index >= 15 is 0 Å². The van der Waals surface area contributed by atoms with Crippen molar-refractivity contribution in [3.05, 3.63) is 23.0 Å². The van der Waals surface area contributed by atoms with Crippen molar-refractivity contribution < 1.29 is 23.6 Å². The van der Waals surface area contributed by atoms with E-state index in [1.54, 1.807) is 20.8 Å². The Morgan fingerprint density at radius 3 is 2.21 bits per heavy atom. The molecule has 19 heavy (non-hydrogen) atoms. The minimum absolute atomic E-state index is 0.0158. The second kappa shape index (κ2) is 6.60. The summed E-state index contributed by atoms with van der Waals surface area (Å²) in [5.41, 5.74) is -0.714. The van der Waals surface area contributed by atoms with Crippen LogP contribution in [0.15, 0.2) is 27.4 Å². The molecule has 0 rings (SSSR count). The predicted molar refractivity (Wildman–Crippen MR) is 74.2 cm³/mol. The Labute approximate surface area is 114 Å². The highest BCUT2D eigenvalue weighted by molar-refractivity contribution is 7.96.